The molecule has 3 rings (SSSR count). The standard InChI is InChI=1S/C22H22ClF3N8O2.C2HF3O2/c1-33-17(15-12-34(9-7-28)32-18(15)22(24,25)26)11-30-19(33)21(36)31-13-4-5-14(16(23)10-13)20(35)29-8-3-2-6-27;3-2(4,5)1(6)7/h4-5,10-12H,2-3,6,8-9,27H2,1H3,(H,29,35)(H,31,36);(H,6,7). The van der Waals surface area contributed by atoms with Gasteiger partial charge in [0, 0.05) is 25.5 Å². The number of nitrogens with two attached hydrogens (primary N) is 1. The number of carbonyl (C=O) groups excluding carboxylic acids is 2. The van der Waals surface area contributed by atoms with E-state index in [9.17, 15) is 35.9 Å². The van der Waals surface area contributed by atoms with Gasteiger partial charge >= 0.3 is 18.3 Å². The maximum absolute atomic E-state index is 13.5. The second kappa shape index (κ2) is 14.5. The first-order valence-corrected chi connectivity index (χ1v) is 12.3. The number of carboxylic acid groups (broad SMARTS) is 1. The highest BCUT2D eigenvalue weighted by atomic mass is 35.5. The molecule has 19 heteroatoms. The monoisotopic (exact) mass is 636 g/mol. The van der Waals surface area contributed by atoms with Crippen LogP contribution in [0.5, 0.6) is 0 Å². The molecule has 0 unspecified atom stereocenters. The highest BCUT2D eigenvalue weighted by Gasteiger charge is 2.39. The SMILES string of the molecule is Cn1c(-c2cn(CC#N)nc2C(F)(F)F)cnc1C(=O)Nc1ccc(C(=O)NCCCCN)c(Cl)c1.O=C(O)C(F)(F)F. The van der Waals surface area contributed by atoms with Crippen molar-refractivity contribution in [2.24, 2.45) is 12.8 Å². The number of anilines is 1. The topological polar surface area (TPSA) is 181 Å². The van der Waals surface area contributed by atoms with Crippen LogP contribution in [0.25, 0.3) is 11.3 Å². The molecule has 0 bridgehead atoms. The van der Waals surface area contributed by atoms with Crippen LogP contribution in [-0.2, 0) is 24.6 Å². The van der Waals surface area contributed by atoms with Crippen LogP contribution >= 0.6 is 11.6 Å². The lowest BCUT2D eigenvalue weighted by molar-refractivity contribution is -0.192. The summed E-state index contributed by atoms with van der Waals surface area (Å²) in [5.41, 5.74) is 4.36. The van der Waals surface area contributed by atoms with E-state index in [1.807, 2.05) is 0 Å². The number of alkyl halides is 6. The van der Waals surface area contributed by atoms with Gasteiger partial charge in [0.15, 0.2) is 11.5 Å². The third-order valence-electron chi connectivity index (χ3n) is 5.36. The molecule has 0 atom stereocenters. The quantitative estimate of drug-likeness (QED) is 0.202. The number of carboxylic acids is 1. The molecule has 0 aliphatic carbocycles. The van der Waals surface area contributed by atoms with E-state index >= 15 is 0 Å². The first kappa shape index (κ1) is 34.6. The van der Waals surface area contributed by atoms with Gasteiger partial charge in [0.05, 0.1) is 34.1 Å². The summed E-state index contributed by atoms with van der Waals surface area (Å²) in [4.78, 5) is 37.9. The molecule has 0 radical (unpaired) electrons. The summed E-state index contributed by atoms with van der Waals surface area (Å²) < 4.78 is 74.3. The van der Waals surface area contributed by atoms with Crippen LogP contribution in [0.2, 0.25) is 5.02 Å². The molecule has 232 valence electrons. The lowest BCUT2D eigenvalue weighted by Crippen LogP contribution is -2.25. The Morgan fingerprint density at radius 3 is 2.33 bits per heavy atom. The third kappa shape index (κ3) is 9.44. The van der Waals surface area contributed by atoms with Crippen molar-refractivity contribution >= 4 is 35.1 Å². The fourth-order valence-corrected chi connectivity index (χ4v) is 3.64. The average Bonchev–Trinajstić information content (AvgIpc) is 3.50. The van der Waals surface area contributed by atoms with E-state index < -0.39 is 29.9 Å². The molecular weight excluding hydrogens is 614 g/mol. The predicted molar refractivity (Wildman–Crippen MR) is 139 cm³/mol. The minimum absolute atomic E-state index is 0.0173. The van der Waals surface area contributed by atoms with E-state index in [0.717, 1.165) is 29.9 Å². The van der Waals surface area contributed by atoms with Gasteiger partial charge in [-0.25, -0.2) is 9.78 Å². The van der Waals surface area contributed by atoms with Crippen LogP contribution in [0, 0.1) is 11.3 Å². The minimum atomic E-state index is -5.08. The number of carbonyl (C=O) groups is 3. The van der Waals surface area contributed by atoms with Crippen LogP contribution in [0.4, 0.5) is 32.0 Å². The molecular formula is C24H23ClF6N8O4. The summed E-state index contributed by atoms with van der Waals surface area (Å²) in [5, 5.41) is 24.8. The number of hydrogen-bond donors (Lipinski definition) is 4. The number of hydrogen-bond acceptors (Lipinski definition) is 7. The van der Waals surface area contributed by atoms with E-state index in [-0.39, 0.29) is 45.8 Å². The van der Waals surface area contributed by atoms with Gasteiger partial charge in [-0.05, 0) is 37.6 Å². The Labute approximate surface area is 244 Å². The van der Waals surface area contributed by atoms with Crippen LogP contribution < -0.4 is 16.4 Å². The molecule has 12 nitrogen and oxygen atoms in total. The fraction of sp³-hybridized carbons (Fsp3) is 0.333. The number of nitrogens with one attached hydrogen (secondary N) is 2. The summed E-state index contributed by atoms with van der Waals surface area (Å²) in [6.45, 7) is 0.589. The Morgan fingerprint density at radius 2 is 1.79 bits per heavy atom. The number of imidazole rings is 1. The Morgan fingerprint density at radius 1 is 1.14 bits per heavy atom. The highest BCUT2D eigenvalue weighted by molar-refractivity contribution is 6.34. The summed E-state index contributed by atoms with van der Waals surface area (Å²) in [5.74, 6) is -4.02. The largest absolute Gasteiger partial charge is 0.490 e. The molecule has 0 fully saturated rings. The number of halogens is 7. The van der Waals surface area contributed by atoms with Crippen molar-refractivity contribution in [2.75, 3.05) is 18.4 Å². The minimum Gasteiger partial charge on any atom is -0.475 e. The smallest absolute Gasteiger partial charge is 0.475 e. The first-order chi connectivity index (χ1) is 20.0. The number of aromatic nitrogens is 4. The zero-order valence-corrected chi connectivity index (χ0v) is 22.8. The number of aliphatic carboxylic acids is 1. The fourth-order valence-electron chi connectivity index (χ4n) is 3.37. The maximum atomic E-state index is 13.5. The lowest BCUT2D eigenvalue weighted by atomic mass is 10.2. The predicted octanol–water partition coefficient (Wildman–Crippen LogP) is 3.83. The Bertz CT molecular complexity index is 1510. The molecule has 2 amide bonds. The summed E-state index contributed by atoms with van der Waals surface area (Å²) in [7, 11) is 1.38. The van der Waals surface area contributed by atoms with Gasteiger partial charge in [0.25, 0.3) is 11.8 Å². The highest BCUT2D eigenvalue weighted by Crippen LogP contribution is 2.36. The molecule has 43 heavy (non-hydrogen) atoms. The second-order valence-electron chi connectivity index (χ2n) is 8.47. The van der Waals surface area contributed by atoms with Crippen LogP contribution in [-0.4, -0.2) is 61.5 Å². The van der Waals surface area contributed by atoms with Gasteiger partial charge in [0.2, 0.25) is 0 Å². The molecule has 0 saturated carbocycles. The number of benzene rings is 1. The van der Waals surface area contributed by atoms with Crippen molar-refractivity contribution in [1.82, 2.24) is 24.6 Å². The molecule has 1 aromatic carbocycles. The van der Waals surface area contributed by atoms with Crippen LogP contribution in [0.3, 0.4) is 0 Å². The van der Waals surface area contributed by atoms with Gasteiger partial charge in [-0.15, -0.1) is 0 Å². The van der Waals surface area contributed by atoms with Crippen molar-refractivity contribution in [3.8, 4) is 17.3 Å². The Balaban J connectivity index is 0.000000821. The van der Waals surface area contributed by atoms with E-state index in [1.165, 1.54) is 29.8 Å². The summed E-state index contributed by atoms with van der Waals surface area (Å²) in [6.07, 6.45) is -6.18. The summed E-state index contributed by atoms with van der Waals surface area (Å²) >= 11 is 6.21. The number of nitrogens with zero attached hydrogens (tertiary/aromatic N) is 5. The van der Waals surface area contributed by atoms with E-state index in [4.69, 9.17) is 32.5 Å². The van der Waals surface area contributed by atoms with E-state index in [0.29, 0.717) is 13.1 Å². The Kier molecular flexibility index (Phi) is 11.7. The van der Waals surface area contributed by atoms with Crippen LogP contribution in [0.15, 0.2) is 30.6 Å². The number of unbranched alkanes of at least 4 members (excludes halogenated alkanes) is 1. The van der Waals surface area contributed by atoms with E-state index in [1.54, 1.807) is 6.07 Å². The zero-order valence-electron chi connectivity index (χ0n) is 22.1. The number of rotatable bonds is 9. The second-order valence-corrected chi connectivity index (χ2v) is 8.88. The molecule has 2 aromatic heterocycles. The third-order valence-corrected chi connectivity index (χ3v) is 5.67. The van der Waals surface area contributed by atoms with Gasteiger partial charge in [-0.2, -0.15) is 36.7 Å². The van der Waals surface area contributed by atoms with Crippen molar-refractivity contribution < 1.29 is 45.8 Å². The van der Waals surface area contributed by atoms with Crippen molar-refractivity contribution in [3.05, 3.63) is 52.7 Å². The molecule has 5 N–H and O–H groups in total. The molecule has 0 aliphatic heterocycles. The zero-order chi connectivity index (χ0) is 32.5. The van der Waals surface area contributed by atoms with Gasteiger partial charge < -0.3 is 26.0 Å². The van der Waals surface area contributed by atoms with E-state index in [2.05, 4.69) is 20.7 Å². The summed E-state index contributed by atoms with van der Waals surface area (Å²) in [6, 6.07) is 6.02. The molecule has 3 aromatic rings. The number of amides is 2. The van der Waals surface area contributed by atoms with Crippen molar-refractivity contribution in [1.29, 1.82) is 5.26 Å². The molecule has 0 saturated heterocycles. The van der Waals surface area contributed by atoms with Crippen molar-refractivity contribution in [2.45, 2.75) is 31.7 Å². The van der Waals surface area contributed by atoms with Gasteiger partial charge in [-0.3, -0.25) is 14.3 Å². The lowest BCUT2D eigenvalue weighted by Gasteiger charge is -2.10. The maximum Gasteiger partial charge on any atom is 0.490 e. The normalized spacial score (nSPS) is 11.3. The van der Waals surface area contributed by atoms with Gasteiger partial charge in [-0.1, -0.05) is 11.6 Å². The average molecular weight is 637 g/mol. The van der Waals surface area contributed by atoms with Crippen LogP contribution in [0.1, 0.15) is 39.5 Å². The number of nitriles is 1. The molecule has 0 spiro atoms. The molecule has 0 aliphatic rings. The Hall–Kier alpha value is -4.63. The van der Waals surface area contributed by atoms with Crippen molar-refractivity contribution in [3.63, 3.8) is 0 Å². The first-order valence-electron chi connectivity index (χ1n) is 11.9. The molecule has 2 heterocycles. The van der Waals surface area contributed by atoms with Gasteiger partial charge in [0.1, 0.15) is 6.54 Å².